The molecular weight excluding hydrogens is 914 g/mol. The molecule has 1 saturated carbocycles. The quantitative estimate of drug-likeness (QED) is 0.0138. The average molecular weight is 993 g/mol. The Balaban J connectivity index is 2.75. The summed E-state index contributed by atoms with van der Waals surface area (Å²) in [6, 6.07) is 0. The summed E-state index contributed by atoms with van der Waals surface area (Å²) < 4.78 is 49.1. The van der Waals surface area contributed by atoms with Crippen LogP contribution in [0.1, 0.15) is 129 Å². The Labute approximate surface area is 396 Å². The van der Waals surface area contributed by atoms with E-state index in [-0.39, 0.29) is 32.1 Å². The smallest absolute Gasteiger partial charge is 0.462 e. The second kappa shape index (κ2) is 37.0. The van der Waals surface area contributed by atoms with E-state index in [1.54, 1.807) is 6.08 Å². The van der Waals surface area contributed by atoms with Gasteiger partial charge in [0, 0.05) is 12.8 Å². The maximum Gasteiger partial charge on any atom is 0.472 e. The Kier molecular flexibility index (Phi) is 34.3. The van der Waals surface area contributed by atoms with E-state index >= 15 is 0 Å². The zero-order chi connectivity index (χ0) is 49.9. The third-order valence-electron chi connectivity index (χ3n) is 10.2. The molecule has 20 heteroatoms. The first-order valence-corrected chi connectivity index (χ1v) is 26.3. The van der Waals surface area contributed by atoms with Crippen LogP contribution < -0.4 is 0 Å². The minimum Gasteiger partial charge on any atom is -0.462 e. The molecule has 9 N–H and O–H groups in total. The number of unbranched alkanes of at least 4 members (excludes halogenated alkanes) is 5. The van der Waals surface area contributed by atoms with E-state index in [1.165, 1.54) is 19.3 Å². The van der Waals surface area contributed by atoms with Crippen LogP contribution in [0.3, 0.4) is 0 Å². The van der Waals surface area contributed by atoms with Crippen molar-refractivity contribution in [2.45, 2.75) is 184 Å². The summed E-state index contributed by atoms with van der Waals surface area (Å²) in [5.41, 5.74) is 0. The van der Waals surface area contributed by atoms with Crippen molar-refractivity contribution in [2.24, 2.45) is 0 Å². The lowest BCUT2D eigenvalue weighted by atomic mass is 9.85. The lowest BCUT2D eigenvalue weighted by molar-refractivity contribution is -0.216. The van der Waals surface area contributed by atoms with Gasteiger partial charge in [-0.3, -0.25) is 23.2 Å². The van der Waals surface area contributed by atoms with Crippen molar-refractivity contribution in [3.05, 3.63) is 85.1 Å². The van der Waals surface area contributed by atoms with Crippen LogP contribution in [0.25, 0.3) is 0 Å². The van der Waals surface area contributed by atoms with Gasteiger partial charge in [0.2, 0.25) is 0 Å². The number of esters is 2. The monoisotopic (exact) mass is 992 g/mol. The molecule has 67 heavy (non-hydrogen) atoms. The Morgan fingerprint density at radius 1 is 0.552 bits per heavy atom. The fraction of sp³-hybridized carbons (Fsp3) is 0.660. The van der Waals surface area contributed by atoms with Crippen molar-refractivity contribution in [3.8, 4) is 0 Å². The third kappa shape index (κ3) is 31.1. The summed E-state index contributed by atoms with van der Waals surface area (Å²) in [5.74, 6) is -1.55. The zero-order valence-corrected chi connectivity index (χ0v) is 40.8. The molecule has 1 aliphatic carbocycles. The van der Waals surface area contributed by atoms with E-state index in [9.17, 15) is 54.3 Å². The standard InChI is InChI=1S/C47H78O18P2/c1-3-5-7-9-11-13-15-17-18-19-21-23-25-27-29-33-40(50)61-35-37(36-62-67(59,60)65-47-44(54)42(52)43(53)46(45(47)55)64-66(56,57)58)63-41(51)34-30-32-39(49)38(48)31-28-26-24-22-20-16-14-12-10-8-6-4-2/h6,8,11-14,17-18,20-23,26,28,37-39,42-49,52-55H,3-5,7,9-10,15-16,19,24-25,27,29-36H2,1-2H3,(H,59,60)(H2,56,57,58)/b8-6-,13-11-,14-12-,18-17-,22-20-,23-21-,28-26-/t37-,38-,39-,42?,43?,44?,45?,46-,47+/m1/s1. The minimum absolute atomic E-state index is 0.00602. The van der Waals surface area contributed by atoms with Gasteiger partial charge in [0.05, 0.1) is 18.8 Å². The first-order chi connectivity index (χ1) is 31.9. The van der Waals surface area contributed by atoms with Gasteiger partial charge >= 0.3 is 27.6 Å². The number of carbonyl (C=O) groups excluding carboxylic acids is 2. The molecule has 0 saturated heterocycles. The molecule has 1 rings (SSSR count). The highest BCUT2D eigenvalue weighted by atomic mass is 31.2. The maximum atomic E-state index is 13.0. The second-order valence-corrected chi connectivity index (χ2v) is 18.6. The molecule has 0 bridgehead atoms. The van der Waals surface area contributed by atoms with Crippen molar-refractivity contribution >= 4 is 27.6 Å². The van der Waals surface area contributed by atoms with Gasteiger partial charge in [0.1, 0.15) is 43.2 Å². The number of hydrogen-bond donors (Lipinski definition) is 9. The minimum atomic E-state index is -5.41. The highest BCUT2D eigenvalue weighted by molar-refractivity contribution is 7.47. The Bertz CT molecular complexity index is 1660. The van der Waals surface area contributed by atoms with Gasteiger partial charge in [0.25, 0.3) is 0 Å². The first kappa shape index (κ1) is 62.1. The second-order valence-electron chi connectivity index (χ2n) is 16.0. The van der Waals surface area contributed by atoms with Crippen LogP contribution in [-0.4, -0.2) is 125 Å². The molecule has 0 heterocycles. The number of ether oxygens (including phenoxy) is 2. The number of aliphatic hydroxyl groups excluding tert-OH is 6. The number of rotatable bonds is 37. The van der Waals surface area contributed by atoms with Crippen LogP contribution in [0.4, 0.5) is 0 Å². The van der Waals surface area contributed by atoms with Gasteiger partial charge in [-0.1, -0.05) is 112 Å². The molecule has 1 fully saturated rings. The summed E-state index contributed by atoms with van der Waals surface area (Å²) >= 11 is 0. The fourth-order valence-electron chi connectivity index (χ4n) is 6.41. The number of hydrogen-bond acceptors (Lipinski definition) is 15. The number of allylic oxidation sites excluding steroid dienone is 13. The number of phosphoric acid groups is 2. The molecule has 1 aliphatic rings. The average Bonchev–Trinajstić information content (AvgIpc) is 3.28. The fourth-order valence-corrected chi connectivity index (χ4v) is 7.95. The van der Waals surface area contributed by atoms with Crippen LogP contribution in [0.2, 0.25) is 0 Å². The van der Waals surface area contributed by atoms with E-state index < -0.39 is 95.7 Å². The van der Waals surface area contributed by atoms with E-state index in [4.69, 9.17) is 28.3 Å². The van der Waals surface area contributed by atoms with Crippen LogP contribution in [0, 0.1) is 0 Å². The number of aliphatic hydroxyl groups is 6. The summed E-state index contributed by atoms with van der Waals surface area (Å²) in [6.07, 6.45) is 22.7. The van der Waals surface area contributed by atoms with Crippen molar-refractivity contribution in [2.75, 3.05) is 13.2 Å². The van der Waals surface area contributed by atoms with Gasteiger partial charge in [-0.05, 0) is 89.9 Å². The summed E-state index contributed by atoms with van der Waals surface area (Å²) in [7, 11) is -10.8. The van der Waals surface area contributed by atoms with E-state index in [2.05, 4.69) is 67.0 Å². The van der Waals surface area contributed by atoms with E-state index in [0.717, 1.165) is 44.9 Å². The van der Waals surface area contributed by atoms with Gasteiger partial charge in [-0.25, -0.2) is 9.13 Å². The molecule has 0 amide bonds. The predicted octanol–water partition coefficient (Wildman–Crippen LogP) is 6.56. The molecule has 0 aromatic heterocycles. The van der Waals surface area contributed by atoms with Crippen molar-refractivity contribution in [1.29, 1.82) is 0 Å². The van der Waals surface area contributed by atoms with Gasteiger partial charge in [-0.2, -0.15) is 0 Å². The molecule has 0 aromatic carbocycles. The molecule has 10 atom stereocenters. The summed E-state index contributed by atoms with van der Waals surface area (Å²) in [6.45, 7) is 2.67. The third-order valence-corrected chi connectivity index (χ3v) is 11.7. The molecular formula is C47H78O18P2. The van der Waals surface area contributed by atoms with Crippen LogP contribution in [0.15, 0.2) is 85.1 Å². The predicted molar refractivity (Wildman–Crippen MR) is 253 cm³/mol. The molecule has 0 aromatic rings. The molecule has 0 spiro atoms. The van der Waals surface area contributed by atoms with E-state index in [1.807, 2.05) is 30.4 Å². The largest absolute Gasteiger partial charge is 0.472 e. The summed E-state index contributed by atoms with van der Waals surface area (Å²) in [5, 5.41) is 62.1. The highest BCUT2D eigenvalue weighted by Crippen LogP contribution is 2.49. The lowest BCUT2D eigenvalue weighted by Gasteiger charge is -2.43. The first-order valence-electron chi connectivity index (χ1n) is 23.3. The van der Waals surface area contributed by atoms with Crippen molar-refractivity contribution in [1.82, 2.24) is 0 Å². The SMILES string of the molecule is CC/C=C\C/C=C\C/C=C\C/C=C\C[C@@H](O)[C@H](O)CCCC(=O)O[C@H](COC(=O)CCCC/C=C\C/C=C\C/C=C\CCCCC)COP(=O)(O)O[C@H]1C(O)C(O)C(O)[C@@H](OP(=O)(O)O)C1O. The van der Waals surface area contributed by atoms with Gasteiger partial charge < -0.3 is 54.8 Å². The zero-order valence-electron chi connectivity index (χ0n) is 39.0. The Morgan fingerprint density at radius 2 is 1.04 bits per heavy atom. The van der Waals surface area contributed by atoms with Crippen LogP contribution in [-0.2, 0) is 41.8 Å². The normalized spacial score (nSPS) is 23.1. The van der Waals surface area contributed by atoms with Gasteiger partial charge in [0.15, 0.2) is 6.10 Å². The molecule has 0 radical (unpaired) electrons. The Hall–Kier alpha value is -2.90. The lowest BCUT2D eigenvalue weighted by Crippen LogP contribution is -2.64. The Morgan fingerprint density at radius 3 is 1.58 bits per heavy atom. The molecule has 384 valence electrons. The van der Waals surface area contributed by atoms with Gasteiger partial charge in [-0.15, -0.1) is 0 Å². The van der Waals surface area contributed by atoms with Crippen LogP contribution >= 0.6 is 15.6 Å². The molecule has 5 unspecified atom stereocenters. The molecule has 18 nitrogen and oxygen atoms in total. The van der Waals surface area contributed by atoms with E-state index in [0.29, 0.717) is 19.3 Å². The number of carbonyl (C=O) groups is 2. The topological polar surface area (TPSA) is 296 Å². The van der Waals surface area contributed by atoms with Crippen LogP contribution in [0.5, 0.6) is 0 Å². The molecule has 0 aliphatic heterocycles. The highest BCUT2D eigenvalue weighted by Gasteiger charge is 2.54. The number of phosphoric ester groups is 2. The summed E-state index contributed by atoms with van der Waals surface area (Å²) in [4.78, 5) is 54.3. The van der Waals surface area contributed by atoms with Crippen molar-refractivity contribution < 1.29 is 87.1 Å². The maximum absolute atomic E-state index is 13.0. The van der Waals surface area contributed by atoms with Crippen molar-refractivity contribution in [3.63, 3.8) is 0 Å².